The van der Waals surface area contributed by atoms with Gasteiger partial charge in [0.15, 0.2) is 0 Å². The highest BCUT2D eigenvalue weighted by Crippen LogP contribution is 2.37. The molecule has 1 aromatic carbocycles. The summed E-state index contributed by atoms with van der Waals surface area (Å²) < 4.78 is 16.4. The van der Waals surface area contributed by atoms with Crippen LogP contribution in [-0.4, -0.2) is 62.3 Å². The maximum Gasteiger partial charge on any atom is 0.407 e. The minimum Gasteiger partial charge on any atom is -0.489 e. The molecule has 0 spiro atoms. The Hall–Kier alpha value is -2.72. The van der Waals surface area contributed by atoms with Crippen molar-refractivity contribution in [1.82, 2.24) is 10.6 Å². The lowest BCUT2D eigenvalue weighted by Gasteiger charge is -2.25. The Labute approximate surface area is 191 Å². The van der Waals surface area contributed by atoms with Crippen molar-refractivity contribution in [2.24, 2.45) is 0 Å². The summed E-state index contributed by atoms with van der Waals surface area (Å²) in [6.45, 7) is 7.50. The molecule has 2 aliphatic heterocycles. The molecular formula is C22H29N3O6S. The van der Waals surface area contributed by atoms with Crippen LogP contribution in [-0.2, 0) is 14.3 Å². The molecule has 0 unspecified atom stereocenters. The summed E-state index contributed by atoms with van der Waals surface area (Å²) in [6.07, 6.45) is 1.97. The second kappa shape index (κ2) is 10.3. The quantitative estimate of drug-likeness (QED) is 0.469. The smallest absolute Gasteiger partial charge is 0.407 e. The Morgan fingerprint density at radius 3 is 2.75 bits per heavy atom. The molecule has 3 amide bonds. The number of nitrogens with one attached hydrogen (secondary N) is 2. The lowest BCUT2D eigenvalue weighted by atomic mass is 10.1. The topological polar surface area (TPSA) is 106 Å². The van der Waals surface area contributed by atoms with Crippen molar-refractivity contribution in [1.29, 1.82) is 0 Å². The van der Waals surface area contributed by atoms with Crippen molar-refractivity contribution in [3.05, 3.63) is 28.7 Å². The maximum atomic E-state index is 12.2. The molecule has 2 fully saturated rings. The monoisotopic (exact) mass is 463 g/mol. The molecule has 2 N–H and O–H groups in total. The third-order valence-electron chi connectivity index (χ3n) is 4.73. The van der Waals surface area contributed by atoms with Gasteiger partial charge in [-0.2, -0.15) is 0 Å². The molecule has 1 aromatic rings. The lowest BCUT2D eigenvalue weighted by molar-refractivity contribution is -0.115. The minimum atomic E-state index is -0.569. The van der Waals surface area contributed by atoms with Gasteiger partial charge in [-0.05, 0) is 51.1 Å². The highest BCUT2D eigenvalue weighted by molar-refractivity contribution is 8.18. The number of thioether (sulfide) groups is 1. The second-order valence-corrected chi connectivity index (χ2v) is 9.48. The number of para-hydroxylation sites is 1. The summed E-state index contributed by atoms with van der Waals surface area (Å²) in [5.74, 6) is 0.228. The van der Waals surface area contributed by atoms with Crippen molar-refractivity contribution in [2.45, 2.75) is 38.8 Å². The fraction of sp³-hybridized carbons (Fsp3) is 0.500. The van der Waals surface area contributed by atoms with Crippen LogP contribution in [0.5, 0.6) is 5.75 Å². The predicted octanol–water partition coefficient (Wildman–Crippen LogP) is 3.14. The second-order valence-electron chi connectivity index (χ2n) is 8.47. The van der Waals surface area contributed by atoms with Crippen LogP contribution in [0.4, 0.5) is 15.3 Å². The number of hydrogen-bond acceptors (Lipinski definition) is 8. The molecule has 10 heteroatoms. The molecular weight excluding hydrogens is 434 g/mol. The molecule has 32 heavy (non-hydrogen) atoms. The molecule has 2 aliphatic rings. The van der Waals surface area contributed by atoms with E-state index in [1.54, 1.807) is 13.2 Å². The van der Waals surface area contributed by atoms with Gasteiger partial charge in [-0.25, -0.2) is 4.79 Å². The van der Waals surface area contributed by atoms with Gasteiger partial charge in [0.25, 0.3) is 11.1 Å². The van der Waals surface area contributed by atoms with E-state index in [1.807, 2.05) is 39.0 Å². The Morgan fingerprint density at radius 2 is 2.09 bits per heavy atom. The molecule has 0 aromatic heterocycles. The molecule has 2 saturated heterocycles. The van der Waals surface area contributed by atoms with Gasteiger partial charge in [0, 0.05) is 25.8 Å². The van der Waals surface area contributed by atoms with Gasteiger partial charge in [-0.1, -0.05) is 12.1 Å². The number of methoxy groups -OCH3 is 1. The van der Waals surface area contributed by atoms with Gasteiger partial charge in [-0.3, -0.25) is 14.9 Å². The summed E-state index contributed by atoms with van der Waals surface area (Å²) in [5, 5.41) is 4.80. The number of carbonyl (C=O) groups excluding carboxylic acids is 3. The Bertz CT molecular complexity index is 911. The number of carbonyl (C=O) groups is 3. The highest BCUT2D eigenvalue weighted by Gasteiger charge is 2.30. The van der Waals surface area contributed by atoms with Crippen LogP contribution in [0.1, 0.15) is 32.8 Å². The molecule has 0 radical (unpaired) electrons. The van der Waals surface area contributed by atoms with E-state index < -0.39 is 22.8 Å². The average molecular weight is 464 g/mol. The zero-order valence-corrected chi connectivity index (χ0v) is 19.5. The number of ether oxygens (including phenoxy) is 3. The van der Waals surface area contributed by atoms with Gasteiger partial charge >= 0.3 is 6.09 Å². The van der Waals surface area contributed by atoms with E-state index in [9.17, 15) is 14.4 Å². The Balaban J connectivity index is 1.83. The molecule has 2 heterocycles. The van der Waals surface area contributed by atoms with E-state index in [2.05, 4.69) is 15.5 Å². The lowest BCUT2D eigenvalue weighted by Crippen LogP contribution is -2.40. The summed E-state index contributed by atoms with van der Waals surface area (Å²) in [7, 11) is 1.60. The van der Waals surface area contributed by atoms with Crippen LogP contribution in [0.2, 0.25) is 0 Å². The normalized spacial score (nSPS) is 19.9. The van der Waals surface area contributed by atoms with Crippen molar-refractivity contribution in [3.63, 3.8) is 0 Å². The van der Waals surface area contributed by atoms with Crippen molar-refractivity contribution >= 4 is 40.8 Å². The van der Waals surface area contributed by atoms with Crippen LogP contribution in [0.25, 0.3) is 6.08 Å². The van der Waals surface area contributed by atoms with Gasteiger partial charge < -0.3 is 24.4 Å². The fourth-order valence-electron chi connectivity index (χ4n) is 3.46. The Kier molecular flexibility index (Phi) is 7.68. The SMILES string of the molecule is COCCOc1cccc(C=C2SC(=O)NC2=O)c1N1CC[C@H](NC(=O)OC(C)(C)C)C1. The van der Waals surface area contributed by atoms with E-state index in [0.29, 0.717) is 37.0 Å². The third kappa shape index (κ3) is 6.39. The maximum absolute atomic E-state index is 12.2. The number of benzene rings is 1. The minimum absolute atomic E-state index is 0.0943. The van der Waals surface area contributed by atoms with Gasteiger partial charge in [0.2, 0.25) is 0 Å². The first kappa shape index (κ1) is 23.9. The fourth-order valence-corrected chi connectivity index (χ4v) is 4.14. The molecule has 9 nitrogen and oxygen atoms in total. The van der Waals surface area contributed by atoms with Crippen LogP contribution in [0.15, 0.2) is 23.1 Å². The first-order valence-electron chi connectivity index (χ1n) is 10.4. The molecule has 0 aliphatic carbocycles. The van der Waals surface area contributed by atoms with Gasteiger partial charge in [0.1, 0.15) is 18.0 Å². The van der Waals surface area contributed by atoms with Crippen LogP contribution in [0, 0.1) is 0 Å². The largest absolute Gasteiger partial charge is 0.489 e. The number of imide groups is 1. The van der Waals surface area contributed by atoms with E-state index in [-0.39, 0.29) is 6.04 Å². The highest BCUT2D eigenvalue weighted by atomic mass is 32.2. The van der Waals surface area contributed by atoms with Crippen molar-refractivity contribution in [3.8, 4) is 5.75 Å². The van der Waals surface area contributed by atoms with Gasteiger partial charge in [-0.15, -0.1) is 0 Å². The molecule has 174 valence electrons. The van der Waals surface area contributed by atoms with E-state index in [4.69, 9.17) is 14.2 Å². The number of amides is 3. The number of nitrogens with zero attached hydrogens (tertiary/aromatic N) is 1. The summed E-state index contributed by atoms with van der Waals surface area (Å²) in [4.78, 5) is 38.2. The molecule has 3 rings (SSSR count). The number of alkyl carbamates (subject to hydrolysis) is 1. The summed E-state index contributed by atoms with van der Waals surface area (Å²) in [6, 6.07) is 5.47. The summed E-state index contributed by atoms with van der Waals surface area (Å²) in [5.41, 5.74) is 0.989. The van der Waals surface area contributed by atoms with E-state index in [0.717, 1.165) is 29.4 Å². The first-order valence-corrected chi connectivity index (χ1v) is 11.2. The average Bonchev–Trinajstić information content (AvgIpc) is 3.26. The number of hydrogen-bond donors (Lipinski definition) is 2. The first-order chi connectivity index (χ1) is 15.2. The summed E-state index contributed by atoms with van der Waals surface area (Å²) >= 11 is 0.870. The van der Waals surface area contributed by atoms with E-state index >= 15 is 0 Å². The zero-order valence-electron chi connectivity index (χ0n) is 18.7. The van der Waals surface area contributed by atoms with Crippen LogP contribution >= 0.6 is 11.8 Å². The third-order valence-corrected chi connectivity index (χ3v) is 5.54. The number of anilines is 1. The zero-order chi connectivity index (χ0) is 23.3. The van der Waals surface area contributed by atoms with Gasteiger partial charge in [0.05, 0.1) is 23.2 Å². The van der Waals surface area contributed by atoms with E-state index in [1.165, 1.54) is 0 Å². The van der Waals surface area contributed by atoms with Crippen molar-refractivity contribution in [2.75, 3.05) is 38.3 Å². The molecule has 0 saturated carbocycles. The standard InChI is InChI=1S/C22H29N3O6S/c1-22(2,3)31-20(27)23-15-8-9-25(13-15)18-14(12-17-19(26)24-21(28)32-17)6-5-7-16(18)30-11-10-29-4/h5-7,12,15H,8-11,13H2,1-4H3,(H,23,27)(H,24,26,28)/t15-/m0/s1. The van der Waals surface area contributed by atoms with Crippen molar-refractivity contribution < 1.29 is 28.6 Å². The molecule has 1 atom stereocenters. The molecule has 0 bridgehead atoms. The van der Waals surface area contributed by atoms with Crippen LogP contribution in [0.3, 0.4) is 0 Å². The Morgan fingerprint density at radius 1 is 1.31 bits per heavy atom. The predicted molar refractivity (Wildman–Crippen MR) is 123 cm³/mol. The number of rotatable bonds is 7. The van der Waals surface area contributed by atoms with Crippen LogP contribution < -0.4 is 20.3 Å².